The summed E-state index contributed by atoms with van der Waals surface area (Å²) in [6.45, 7) is 17.3. The van der Waals surface area contributed by atoms with E-state index in [9.17, 15) is 4.79 Å². The first-order chi connectivity index (χ1) is 20.9. The van der Waals surface area contributed by atoms with Gasteiger partial charge in [0.05, 0.1) is 18.6 Å². The van der Waals surface area contributed by atoms with Gasteiger partial charge in [-0.2, -0.15) is 0 Å². The van der Waals surface area contributed by atoms with Crippen molar-refractivity contribution in [1.29, 1.82) is 0 Å². The lowest BCUT2D eigenvalue weighted by Crippen LogP contribution is -2.52. The molecule has 4 aliphatic carbocycles. The number of hydrogen-bond donors (Lipinski definition) is 0. The van der Waals surface area contributed by atoms with Gasteiger partial charge in [0.25, 0.3) is 0 Å². The van der Waals surface area contributed by atoms with E-state index in [-0.39, 0.29) is 29.2 Å². The van der Waals surface area contributed by atoms with Crippen molar-refractivity contribution in [2.75, 3.05) is 6.61 Å². The molecule has 0 N–H and O–H groups in total. The fourth-order valence-electron chi connectivity index (χ4n) is 11.6. The van der Waals surface area contributed by atoms with Gasteiger partial charge in [0.15, 0.2) is 5.79 Å². The van der Waals surface area contributed by atoms with Crippen molar-refractivity contribution in [1.82, 2.24) is 0 Å². The maximum Gasteiger partial charge on any atom is 0.313 e. The second-order valence-corrected chi connectivity index (χ2v) is 17.1. The first kappa shape index (κ1) is 31.0. The van der Waals surface area contributed by atoms with Crippen LogP contribution < -0.4 is 0 Å². The second kappa shape index (κ2) is 11.3. The van der Waals surface area contributed by atoms with E-state index >= 15 is 0 Å². The highest BCUT2D eigenvalue weighted by Crippen LogP contribution is 2.70. The van der Waals surface area contributed by atoms with Crippen LogP contribution in [0.2, 0.25) is 0 Å². The van der Waals surface area contributed by atoms with E-state index in [1.54, 1.807) is 5.57 Å². The topological polar surface area (TPSA) is 44.8 Å². The van der Waals surface area contributed by atoms with E-state index in [0.29, 0.717) is 35.2 Å². The van der Waals surface area contributed by atoms with Gasteiger partial charge in [-0.25, -0.2) is 0 Å². The molecule has 4 nitrogen and oxygen atoms in total. The molecule has 3 saturated carbocycles. The van der Waals surface area contributed by atoms with Crippen LogP contribution in [0.3, 0.4) is 0 Å². The lowest BCUT2D eigenvalue weighted by atomic mass is 9.47. The normalized spacial score (nSPS) is 45.2. The number of carbonyl (C=O) groups excluding carboxylic acids is 1. The van der Waals surface area contributed by atoms with Gasteiger partial charge in [-0.15, -0.1) is 0 Å². The number of allylic oxidation sites excluding steroid dienone is 1. The predicted octanol–water partition coefficient (Wildman–Crippen LogP) is 9.27. The highest BCUT2D eigenvalue weighted by molar-refractivity contribution is 5.77. The number of benzene rings is 1. The zero-order valence-electron chi connectivity index (χ0n) is 28.6. The van der Waals surface area contributed by atoms with Crippen LogP contribution in [0.1, 0.15) is 123 Å². The Balaban J connectivity index is 1.01. The van der Waals surface area contributed by atoms with Crippen molar-refractivity contribution in [3.8, 4) is 0 Å². The van der Waals surface area contributed by atoms with Gasteiger partial charge in [-0.05, 0) is 116 Å². The Morgan fingerprint density at radius 2 is 1.77 bits per heavy atom. The molecule has 8 unspecified atom stereocenters. The number of rotatable bonds is 5. The molecule has 0 amide bonds. The molecule has 242 valence electrons. The minimum absolute atomic E-state index is 0.00406. The predicted molar refractivity (Wildman–Crippen MR) is 175 cm³/mol. The molecule has 6 aliphatic rings. The molecule has 4 heteroatoms. The van der Waals surface area contributed by atoms with Gasteiger partial charge >= 0.3 is 5.97 Å². The summed E-state index contributed by atoms with van der Waals surface area (Å²) in [5.74, 6) is 3.94. The fourth-order valence-corrected chi connectivity index (χ4v) is 11.6. The van der Waals surface area contributed by atoms with Crippen molar-refractivity contribution in [2.24, 2.45) is 52.3 Å². The van der Waals surface area contributed by atoms with Gasteiger partial charge < -0.3 is 14.2 Å². The molecule has 0 aromatic heterocycles. The molecule has 2 aliphatic heterocycles. The van der Waals surface area contributed by atoms with Gasteiger partial charge in [0.1, 0.15) is 6.10 Å². The molecule has 1 aromatic carbocycles. The summed E-state index contributed by atoms with van der Waals surface area (Å²) < 4.78 is 19.7. The number of ether oxygens (including phenoxy) is 3. The molecule has 2 heterocycles. The fraction of sp³-hybridized carbons (Fsp3) is 0.775. The quantitative estimate of drug-likeness (QED) is 0.249. The molecule has 2 saturated heterocycles. The summed E-state index contributed by atoms with van der Waals surface area (Å²) in [7, 11) is 0. The molecule has 0 bridgehead atoms. The summed E-state index contributed by atoms with van der Waals surface area (Å²) in [5.41, 5.74) is 4.55. The third-order valence-corrected chi connectivity index (χ3v) is 14.1. The van der Waals surface area contributed by atoms with Gasteiger partial charge in [-0.3, -0.25) is 4.79 Å². The van der Waals surface area contributed by atoms with Crippen molar-refractivity contribution in [2.45, 2.75) is 137 Å². The van der Waals surface area contributed by atoms with Gasteiger partial charge in [0, 0.05) is 18.8 Å². The lowest BCUT2D eigenvalue weighted by Gasteiger charge is -2.58. The van der Waals surface area contributed by atoms with Crippen LogP contribution in [-0.2, 0) is 25.4 Å². The second-order valence-electron chi connectivity index (χ2n) is 17.1. The van der Waals surface area contributed by atoms with Crippen molar-refractivity contribution in [3.63, 3.8) is 0 Å². The highest BCUT2D eigenvalue weighted by Gasteiger charge is 2.68. The number of esters is 1. The minimum atomic E-state index is -0.331. The SMILES string of the molecule is CC(C)Cc1ccc(C(C)C(=O)OC2CC[C@@]3(C)C(=CCC4C5CC6OC7(CC[C@@H](C)CO7)[C@@H](C)C6[C@@]5(C)CCC43)C2)cc1. The third kappa shape index (κ3) is 4.95. The van der Waals surface area contributed by atoms with E-state index < -0.39 is 0 Å². The molecule has 12 atom stereocenters. The van der Waals surface area contributed by atoms with E-state index in [2.05, 4.69) is 71.9 Å². The molecular formula is C40H58O4. The van der Waals surface area contributed by atoms with Crippen LogP contribution in [0.25, 0.3) is 0 Å². The highest BCUT2D eigenvalue weighted by atomic mass is 16.7. The Kier molecular flexibility index (Phi) is 7.92. The van der Waals surface area contributed by atoms with Crippen LogP contribution in [0.4, 0.5) is 0 Å². The van der Waals surface area contributed by atoms with Crippen LogP contribution in [-0.4, -0.2) is 30.6 Å². The Morgan fingerprint density at radius 3 is 2.48 bits per heavy atom. The standard InChI is InChI=1S/C40H58O4/c1-24(2)20-28-8-10-29(11-9-28)26(4)37(41)43-31-15-17-38(6)30(21-31)12-13-32-33(38)16-18-39(7)34(32)22-35-36(39)27(5)40(44-35)19-14-25(3)23-42-40/h8-12,24-27,31-36H,13-23H2,1-7H3/t25-,26?,27+,31?,32?,33?,34?,35?,36?,38+,39+,40?/m1/s1. The molecule has 1 aromatic rings. The Labute approximate surface area is 267 Å². The monoisotopic (exact) mass is 602 g/mol. The lowest BCUT2D eigenvalue weighted by molar-refractivity contribution is -0.272. The Bertz CT molecular complexity index is 1260. The number of carbonyl (C=O) groups is 1. The summed E-state index contributed by atoms with van der Waals surface area (Å²) in [6, 6.07) is 8.59. The summed E-state index contributed by atoms with van der Waals surface area (Å²) in [6.07, 6.45) is 14.4. The largest absolute Gasteiger partial charge is 0.462 e. The van der Waals surface area contributed by atoms with Crippen LogP contribution >= 0.6 is 0 Å². The maximum atomic E-state index is 13.3. The molecule has 44 heavy (non-hydrogen) atoms. The van der Waals surface area contributed by atoms with Gasteiger partial charge in [0.2, 0.25) is 0 Å². The van der Waals surface area contributed by atoms with Crippen LogP contribution in [0.15, 0.2) is 35.9 Å². The Hall–Kier alpha value is -1.65. The summed E-state index contributed by atoms with van der Waals surface area (Å²) in [5, 5.41) is 0. The third-order valence-electron chi connectivity index (χ3n) is 14.1. The van der Waals surface area contributed by atoms with E-state index in [4.69, 9.17) is 14.2 Å². The van der Waals surface area contributed by atoms with Crippen molar-refractivity contribution < 1.29 is 19.0 Å². The minimum Gasteiger partial charge on any atom is -0.462 e. The van der Waals surface area contributed by atoms with Crippen molar-refractivity contribution >= 4 is 5.97 Å². The molecule has 5 fully saturated rings. The van der Waals surface area contributed by atoms with E-state index in [1.165, 1.54) is 37.7 Å². The average molecular weight is 603 g/mol. The summed E-state index contributed by atoms with van der Waals surface area (Å²) in [4.78, 5) is 13.3. The number of fused-ring (bicyclic) bond motifs is 7. The first-order valence-corrected chi connectivity index (χ1v) is 18.2. The number of hydrogen-bond acceptors (Lipinski definition) is 4. The van der Waals surface area contributed by atoms with E-state index in [1.807, 2.05) is 6.92 Å². The van der Waals surface area contributed by atoms with E-state index in [0.717, 1.165) is 62.0 Å². The van der Waals surface area contributed by atoms with Crippen LogP contribution in [0, 0.1) is 52.3 Å². The molecule has 1 spiro atoms. The smallest absolute Gasteiger partial charge is 0.313 e. The molecule has 7 rings (SSSR count). The van der Waals surface area contributed by atoms with Crippen LogP contribution in [0.5, 0.6) is 0 Å². The van der Waals surface area contributed by atoms with Crippen molar-refractivity contribution in [3.05, 3.63) is 47.0 Å². The zero-order valence-corrected chi connectivity index (χ0v) is 28.6. The maximum absolute atomic E-state index is 13.3. The first-order valence-electron chi connectivity index (χ1n) is 18.2. The van der Waals surface area contributed by atoms with Gasteiger partial charge in [-0.1, -0.05) is 77.5 Å². The molecule has 0 radical (unpaired) electrons. The average Bonchev–Trinajstić information content (AvgIpc) is 3.44. The zero-order chi connectivity index (χ0) is 31.0. The molecular weight excluding hydrogens is 544 g/mol. The summed E-state index contributed by atoms with van der Waals surface area (Å²) >= 11 is 0. The Morgan fingerprint density at radius 1 is 1.00 bits per heavy atom.